The minimum Gasteiger partial charge on any atom is -0.451 e. The summed E-state index contributed by atoms with van der Waals surface area (Å²) in [4.78, 5) is 14.7. The normalized spacial score (nSPS) is 10.9. The molecule has 0 unspecified atom stereocenters. The van der Waals surface area contributed by atoms with E-state index < -0.39 is 0 Å². The maximum absolute atomic E-state index is 12.9. The van der Waals surface area contributed by atoms with Gasteiger partial charge >= 0.3 is 0 Å². The summed E-state index contributed by atoms with van der Waals surface area (Å²) in [5, 5.41) is 0.983. The van der Waals surface area contributed by atoms with E-state index in [1.807, 2.05) is 49.4 Å². The molecule has 0 spiro atoms. The van der Waals surface area contributed by atoms with E-state index in [9.17, 15) is 4.79 Å². The van der Waals surface area contributed by atoms with Crippen LogP contribution in [-0.4, -0.2) is 30.4 Å². The molecule has 3 rings (SSSR count). The summed E-state index contributed by atoms with van der Waals surface area (Å²) >= 11 is 0. The van der Waals surface area contributed by atoms with E-state index in [0.717, 1.165) is 23.0 Å². The Kier molecular flexibility index (Phi) is 4.96. The average molecular weight is 322 g/mol. The van der Waals surface area contributed by atoms with Gasteiger partial charge in [0, 0.05) is 30.6 Å². The number of rotatable bonds is 6. The molecule has 0 bridgehead atoms. The zero-order valence-corrected chi connectivity index (χ0v) is 13.9. The largest absolute Gasteiger partial charge is 0.451 e. The van der Waals surface area contributed by atoms with Crippen molar-refractivity contribution in [2.45, 2.75) is 13.3 Å². The summed E-state index contributed by atoms with van der Waals surface area (Å²) in [6, 6.07) is 17.9. The molecule has 0 aliphatic carbocycles. The molecule has 0 saturated heterocycles. The van der Waals surface area contributed by atoms with E-state index in [-0.39, 0.29) is 5.91 Å². The van der Waals surface area contributed by atoms with Crippen LogP contribution in [0.15, 0.2) is 59.0 Å². The van der Waals surface area contributed by atoms with Crippen LogP contribution in [0.3, 0.4) is 0 Å². The van der Waals surface area contributed by atoms with E-state index in [0.29, 0.717) is 25.4 Å². The zero-order chi connectivity index (χ0) is 16.9. The maximum atomic E-state index is 12.9. The molecule has 1 amide bonds. The molecule has 0 aliphatic heterocycles. The predicted octanol–water partition coefficient (Wildman–Crippen LogP) is 3.38. The molecule has 0 radical (unpaired) electrons. The lowest BCUT2D eigenvalue weighted by Gasteiger charge is -2.21. The van der Waals surface area contributed by atoms with Crippen molar-refractivity contribution in [1.82, 2.24) is 4.90 Å². The molecule has 4 heteroatoms. The molecule has 0 saturated carbocycles. The number of amides is 1. The smallest absolute Gasteiger partial charge is 0.289 e. The fourth-order valence-electron chi connectivity index (χ4n) is 2.90. The molecule has 0 atom stereocenters. The number of aryl methyl sites for hydroxylation is 1. The van der Waals surface area contributed by atoms with Crippen LogP contribution in [-0.2, 0) is 6.42 Å². The molecule has 0 fully saturated rings. The van der Waals surface area contributed by atoms with E-state index in [1.165, 1.54) is 5.56 Å². The minimum atomic E-state index is -0.0925. The van der Waals surface area contributed by atoms with E-state index in [4.69, 9.17) is 10.2 Å². The van der Waals surface area contributed by atoms with Crippen molar-refractivity contribution in [1.29, 1.82) is 0 Å². The first-order chi connectivity index (χ1) is 11.7. The quantitative estimate of drug-likeness (QED) is 0.757. The van der Waals surface area contributed by atoms with Gasteiger partial charge in [0.1, 0.15) is 5.58 Å². The predicted molar refractivity (Wildman–Crippen MR) is 96.1 cm³/mol. The highest BCUT2D eigenvalue weighted by molar-refractivity contribution is 5.98. The Balaban J connectivity index is 1.81. The molecule has 3 aromatic rings. The van der Waals surface area contributed by atoms with Gasteiger partial charge in [0.05, 0.1) is 0 Å². The standard InChI is InChI=1S/C20H22N2O2/c1-15-17-9-5-6-10-18(17)24-19(15)20(23)22(14-12-21)13-11-16-7-3-2-4-8-16/h2-10H,11-14,21H2,1H3. The van der Waals surface area contributed by atoms with Crippen LogP contribution in [0.2, 0.25) is 0 Å². The van der Waals surface area contributed by atoms with Crippen LogP contribution in [0.25, 0.3) is 11.0 Å². The lowest BCUT2D eigenvalue weighted by molar-refractivity contribution is 0.0731. The van der Waals surface area contributed by atoms with Gasteiger partial charge in [-0.3, -0.25) is 4.79 Å². The van der Waals surface area contributed by atoms with Gasteiger partial charge in [0.25, 0.3) is 5.91 Å². The van der Waals surface area contributed by atoms with Crippen LogP contribution in [0, 0.1) is 6.92 Å². The SMILES string of the molecule is Cc1c(C(=O)N(CCN)CCc2ccccc2)oc2ccccc12. The highest BCUT2D eigenvalue weighted by Crippen LogP contribution is 2.26. The van der Waals surface area contributed by atoms with Crippen LogP contribution < -0.4 is 5.73 Å². The van der Waals surface area contributed by atoms with Gasteiger partial charge in [-0.05, 0) is 25.0 Å². The number of furan rings is 1. The van der Waals surface area contributed by atoms with Gasteiger partial charge in [0.15, 0.2) is 5.76 Å². The maximum Gasteiger partial charge on any atom is 0.289 e. The molecule has 4 nitrogen and oxygen atoms in total. The third kappa shape index (κ3) is 3.34. The van der Waals surface area contributed by atoms with Crippen molar-refractivity contribution in [3.8, 4) is 0 Å². The number of benzene rings is 2. The second-order valence-corrected chi connectivity index (χ2v) is 5.87. The highest BCUT2D eigenvalue weighted by atomic mass is 16.3. The Bertz CT molecular complexity index is 824. The molecule has 24 heavy (non-hydrogen) atoms. The highest BCUT2D eigenvalue weighted by Gasteiger charge is 2.22. The lowest BCUT2D eigenvalue weighted by atomic mass is 10.1. The van der Waals surface area contributed by atoms with Crippen LogP contribution in [0.5, 0.6) is 0 Å². The molecule has 1 aromatic heterocycles. The van der Waals surface area contributed by atoms with Crippen molar-refractivity contribution in [3.63, 3.8) is 0 Å². The van der Waals surface area contributed by atoms with Crippen molar-refractivity contribution in [2.24, 2.45) is 5.73 Å². The second-order valence-electron chi connectivity index (χ2n) is 5.87. The summed E-state index contributed by atoms with van der Waals surface area (Å²) in [6.07, 6.45) is 0.797. The Hall–Kier alpha value is -2.59. The molecular formula is C20H22N2O2. The van der Waals surface area contributed by atoms with Crippen molar-refractivity contribution in [2.75, 3.05) is 19.6 Å². The summed E-state index contributed by atoms with van der Waals surface area (Å²) in [5.74, 6) is 0.322. The van der Waals surface area contributed by atoms with Gasteiger partial charge in [-0.25, -0.2) is 0 Å². The number of fused-ring (bicyclic) bond motifs is 1. The van der Waals surface area contributed by atoms with Crippen molar-refractivity contribution < 1.29 is 9.21 Å². The van der Waals surface area contributed by atoms with Gasteiger partial charge in [-0.2, -0.15) is 0 Å². The number of nitrogens with zero attached hydrogens (tertiary/aromatic N) is 1. The fraction of sp³-hybridized carbons (Fsp3) is 0.250. The third-order valence-electron chi connectivity index (χ3n) is 4.24. The topological polar surface area (TPSA) is 59.5 Å². The summed E-state index contributed by atoms with van der Waals surface area (Å²) in [5.41, 5.74) is 8.54. The fourth-order valence-corrected chi connectivity index (χ4v) is 2.90. The zero-order valence-electron chi connectivity index (χ0n) is 13.9. The Morgan fingerprint density at radius 3 is 2.46 bits per heavy atom. The van der Waals surface area contributed by atoms with E-state index in [2.05, 4.69) is 12.1 Å². The van der Waals surface area contributed by atoms with E-state index in [1.54, 1.807) is 4.90 Å². The van der Waals surface area contributed by atoms with Crippen molar-refractivity contribution >= 4 is 16.9 Å². The number of nitrogens with two attached hydrogens (primary N) is 1. The number of hydrogen-bond donors (Lipinski definition) is 1. The number of carbonyl (C=O) groups excluding carboxylic acids is 1. The number of hydrogen-bond acceptors (Lipinski definition) is 3. The first-order valence-corrected chi connectivity index (χ1v) is 8.22. The molecule has 1 heterocycles. The average Bonchev–Trinajstić information content (AvgIpc) is 2.96. The number of carbonyl (C=O) groups is 1. The Morgan fingerprint density at radius 2 is 1.75 bits per heavy atom. The van der Waals surface area contributed by atoms with Gasteiger partial charge in [-0.1, -0.05) is 48.5 Å². The lowest BCUT2D eigenvalue weighted by Crippen LogP contribution is -2.37. The number of para-hydroxylation sites is 1. The Labute approximate surface area is 141 Å². The summed E-state index contributed by atoms with van der Waals surface area (Å²) in [7, 11) is 0. The molecular weight excluding hydrogens is 300 g/mol. The molecule has 2 N–H and O–H groups in total. The van der Waals surface area contributed by atoms with Gasteiger partial charge < -0.3 is 15.1 Å². The Morgan fingerprint density at radius 1 is 1.04 bits per heavy atom. The second kappa shape index (κ2) is 7.32. The van der Waals surface area contributed by atoms with Crippen LogP contribution >= 0.6 is 0 Å². The molecule has 2 aromatic carbocycles. The molecule has 0 aliphatic rings. The minimum absolute atomic E-state index is 0.0925. The summed E-state index contributed by atoms with van der Waals surface area (Å²) in [6.45, 7) is 3.50. The monoisotopic (exact) mass is 322 g/mol. The first-order valence-electron chi connectivity index (χ1n) is 8.22. The first kappa shape index (κ1) is 16.3. The van der Waals surface area contributed by atoms with E-state index >= 15 is 0 Å². The van der Waals surface area contributed by atoms with Gasteiger partial charge in [0.2, 0.25) is 0 Å². The van der Waals surface area contributed by atoms with Crippen LogP contribution in [0.1, 0.15) is 21.7 Å². The summed E-state index contributed by atoms with van der Waals surface area (Å²) < 4.78 is 5.81. The molecule has 124 valence electrons. The van der Waals surface area contributed by atoms with Gasteiger partial charge in [-0.15, -0.1) is 0 Å². The van der Waals surface area contributed by atoms with Crippen LogP contribution in [0.4, 0.5) is 0 Å². The van der Waals surface area contributed by atoms with Crippen molar-refractivity contribution in [3.05, 3.63) is 71.5 Å². The third-order valence-corrected chi connectivity index (χ3v) is 4.24.